The predicted octanol–water partition coefficient (Wildman–Crippen LogP) is 2.09. The molecule has 212 valence electrons. The zero-order chi connectivity index (χ0) is 28.9. The smallest absolute Gasteiger partial charge is 0.322 e. The Morgan fingerprint density at radius 1 is 1.17 bits per heavy atom. The Hall–Kier alpha value is -4.98. The number of anilines is 2. The normalized spacial score (nSPS) is 18.3. The van der Waals surface area contributed by atoms with Crippen molar-refractivity contribution in [2.45, 2.75) is 12.1 Å². The second-order valence-electron chi connectivity index (χ2n) is 10.2. The van der Waals surface area contributed by atoms with Crippen LogP contribution < -0.4 is 20.3 Å². The van der Waals surface area contributed by atoms with Gasteiger partial charge in [-0.25, -0.2) is 14.2 Å². The highest BCUT2D eigenvalue weighted by Gasteiger charge is 2.53. The number of likely N-dealkylation sites (N-methyl/N-ethyl adjacent to an activating group) is 1. The number of fused-ring (bicyclic) bond motifs is 2. The number of H-pyrrole nitrogens is 1. The third-order valence-corrected chi connectivity index (χ3v) is 7.27. The first-order valence-corrected chi connectivity index (χ1v) is 12.8. The minimum atomic E-state index is -1.76. The lowest BCUT2D eigenvalue weighted by Gasteiger charge is -2.28. The van der Waals surface area contributed by atoms with E-state index in [0.717, 1.165) is 12.2 Å². The molecule has 3 aromatic heterocycles. The van der Waals surface area contributed by atoms with Gasteiger partial charge in [-0.15, -0.1) is 0 Å². The van der Waals surface area contributed by atoms with Gasteiger partial charge in [0, 0.05) is 31.9 Å². The molecule has 1 saturated heterocycles. The van der Waals surface area contributed by atoms with Gasteiger partial charge in [-0.3, -0.25) is 20.0 Å². The second-order valence-corrected chi connectivity index (χ2v) is 10.2. The van der Waals surface area contributed by atoms with Gasteiger partial charge in [0.15, 0.2) is 22.7 Å². The maximum Gasteiger partial charge on any atom is 0.322 e. The van der Waals surface area contributed by atoms with Crippen molar-refractivity contribution in [3.05, 3.63) is 65.4 Å². The quantitative estimate of drug-likeness (QED) is 0.261. The van der Waals surface area contributed by atoms with Crippen LogP contribution in [0.5, 0.6) is 5.75 Å². The summed E-state index contributed by atoms with van der Waals surface area (Å²) in [5.41, 5.74) is 0.195. The van der Waals surface area contributed by atoms with Crippen molar-refractivity contribution in [1.82, 2.24) is 35.6 Å². The monoisotopic (exact) mass is 562 g/mol. The number of halogens is 1. The fraction of sp³-hybridized carbons (Fsp3) is 0.296. The van der Waals surface area contributed by atoms with E-state index >= 15 is 0 Å². The molecule has 0 bridgehead atoms. The molecule has 41 heavy (non-hydrogen) atoms. The molecule has 0 aliphatic carbocycles. The number of methoxy groups -OCH3 is 1. The fourth-order valence-electron chi connectivity index (χ4n) is 5.16. The zero-order valence-corrected chi connectivity index (χ0v) is 22.5. The molecule has 4 aromatic rings. The van der Waals surface area contributed by atoms with Crippen molar-refractivity contribution < 1.29 is 27.9 Å². The number of nitrogens with zero attached hydrogens (tertiary/aromatic N) is 5. The van der Waals surface area contributed by atoms with Crippen LogP contribution >= 0.6 is 0 Å². The topological polar surface area (TPSA) is 149 Å². The number of aromatic amines is 1. The minimum absolute atomic E-state index is 0.0359. The van der Waals surface area contributed by atoms with Gasteiger partial charge in [-0.05, 0) is 37.9 Å². The standard InChI is InChI=1S/C27H27FN8O5/c1-34(2)8-9-36(16-11-29-30-12-16)21-7-6-18-17(31-21)10-20(41-18)27(25(38)32-26(39)33-27)14-35-13-15-4-5-19(40-3)23(28)22(15)24(35)37/h4-7,10-12H,8-9,13-14H2,1-3H3,(H,29,30)(H2,32,33,38,39). The van der Waals surface area contributed by atoms with Gasteiger partial charge in [0.25, 0.3) is 11.8 Å². The lowest BCUT2D eigenvalue weighted by molar-refractivity contribution is -0.125. The van der Waals surface area contributed by atoms with Crippen molar-refractivity contribution in [2.75, 3.05) is 45.7 Å². The average Bonchev–Trinajstić information content (AvgIpc) is 3.72. The highest BCUT2D eigenvalue weighted by Crippen LogP contribution is 2.36. The van der Waals surface area contributed by atoms with Crippen molar-refractivity contribution in [3.8, 4) is 5.75 Å². The summed E-state index contributed by atoms with van der Waals surface area (Å²) in [6.45, 7) is 1.11. The highest BCUT2D eigenvalue weighted by atomic mass is 19.1. The molecular formula is C27H27FN8O5. The molecule has 1 aromatic carbocycles. The number of amides is 4. The summed E-state index contributed by atoms with van der Waals surface area (Å²) in [6.07, 6.45) is 3.46. The molecular weight excluding hydrogens is 535 g/mol. The number of carbonyl (C=O) groups is 3. The number of nitrogens with one attached hydrogen (secondary N) is 3. The van der Waals surface area contributed by atoms with E-state index in [9.17, 15) is 18.8 Å². The summed E-state index contributed by atoms with van der Waals surface area (Å²) in [5, 5.41) is 11.7. The number of furan rings is 1. The average molecular weight is 563 g/mol. The molecule has 0 spiro atoms. The third-order valence-electron chi connectivity index (χ3n) is 7.27. The molecule has 1 fully saturated rings. The summed E-state index contributed by atoms with van der Waals surface area (Å²) in [7, 11) is 5.26. The number of carbonyl (C=O) groups excluding carboxylic acids is 3. The SMILES string of the molecule is COc1ccc2c(c1F)C(=O)N(CC1(c3cc4nc(N(CCN(C)C)c5cn[nH]c5)ccc4o3)NC(=O)NC1=O)C2. The van der Waals surface area contributed by atoms with Crippen LogP contribution in [-0.2, 0) is 16.9 Å². The molecule has 14 heteroatoms. The maximum atomic E-state index is 15.0. The lowest BCUT2D eigenvalue weighted by Crippen LogP contribution is -2.52. The molecule has 5 heterocycles. The van der Waals surface area contributed by atoms with E-state index < -0.39 is 29.2 Å². The van der Waals surface area contributed by atoms with Crippen LogP contribution in [0.3, 0.4) is 0 Å². The van der Waals surface area contributed by atoms with Crippen molar-refractivity contribution in [1.29, 1.82) is 0 Å². The Morgan fingerprint density at radius 2 is 2.00 bits per heavy atom. The van der Waals surface area contributed by atoms with Crippen molar-refractivity contribution in [3.63, 3.8) is 0 Å². The van der Waals surface area contributed by atoms with E-state index in [0.29, 0.717) is 29.0 Å². The molecule has 1 unspecified atom stereocenters. The lowest BCUT2D eigenvalue weighted by atomic mass is 9.95. The molecule has 13 nitrogen and oxygen atoms in total. The number of imide groups is 1. The largest absolute Gasteiger partial charge is 0.494 e. The Balaban J connectivity index is 1.36. The molecule has 4 amide bonds. The van der Waals surface area contributed by atoms with E-state index in [-0.39, 0.29) is 30.2 Å². The molecule has 2 aliphatic heterocycles. The minimum Gasteiger partial charge on any atom is -0.494 e. The van der Waals surface area contributed by atoms with E-state index in [1.165, 1.54) is 18.1 Å². The van der Waals surface area contributed by atoms with Crippen LogP contribution in [-0.4, -0.2) is 83.7 Å². The van der Waals surface area contributed by atoms with Gasteiger partial charge in [-0.1, -0.05) is 6.07 Å². The van der Waals surface area contributed by atoms with Crippen LogP contribution in [0.1, 0.15) is 21.7 Å². The number of benzene rings is 1. The second kappa shape index (κ2) is 9.89. The maximum absolute atomic E-state index is 15.0. The zero-order valence-electron chi connectivity index (χ0n) is 22.5. The Morgan fingerprint density at radius 3 is 2.68 bits per heavy atom. The van der Waals surface area contributed by atoms with Gasteiger partial charge in [0.1, 0.15) is 17.1 Å². The Labute approximate surface area is 233 Å². The van der Waals surface area contributed by atoms with Crippen LogP contribution in [0.4, 0.5) is 20.7 Å². The van der Waals surface area contributed by atoms with Gasteiger partial charge in [0.2, 0.25) is 0 Å². The molecule has 0 radical (unpaired) electrons. The van der Waals surface area contributed by atoms with Gasteiger partial charge < -0.3 is 29.2 Å². The molecule has 3 N–H and O–H groups in total. The van der Waals surface area contributed by atoms with Gasteiger partial charge >= 0.3 is 6.03 Å². The van der Waals surface area contributed by atoms with Crippen molar-refractivity contribution in [2.24, 2.45) is 0 Å². The number of rotatable bonds is 9. The molecule has 0 saturated carbocycles. The first-order valence-electron chi connectivity index (χ1n) is 12.8. The Bertz CT molecular complexity index is 1670. The molecule has 6 rings (SSSR count). The summed E-state index contributed by atoms with van der Waals surface area (Å²) >= 11 is 0. The summed E-state index contributed by atoms with van der Waals surface area (Å²) in [5.74, 6) is -1.45. The molecule has 1 atom stereocenters. The van der Waals surface area contributed by atoms with Crippen LogP contribution in [0.2, 0.25) is 0 Å². The first kappa shape index (κ1) is 26.3. The van der Waals surface area contributed by atoms with Crippen molar-refractivity contribution >= 4 is 40.5 Å². The number of ether oxygens (including phenoxy) is 1. The molecule has 2 aliphatic rings. The van der Waals surface area contributed by atoms with E-state index in [1.54, 1.807) is 36.7 Å². The van der Waals surface area contributed by atoms with Crippen LogP contribution in [0, 0.1) is 5.82 Å². The number of hydrogen-bond acceptors (Lipinski definition) is 9. The first-order chi connectivity index (χ1) is 19.7. The number of pyridine rings is 1. The predicted molar refractivity (Wildman–Crippen MR) is 144 cm³/mol. The van der Waals surface area contributed by atoms with Gasteiger partial charge in [0.05, 0.1) is 31.1 Å². The van der Waals surface area contributed by atoms with E-state index in [4.69, 9.17) is 14.1 Å². The fourth-order valence-corrected chi connectivity index (χ4v) is 5.16. The Kier molecular flexibility index (Phi) is 6.33. The van der Waals surface area contributed by atoms with E-state index in [2.05, 4.69) is 20.8 Å². The van der Waals surface area contributed by atoms with Crippen LogP contribution in [0.15, 0.2) is 47.1 Å². The van der Waals surface area contributed by atoms with Crippen LogP contribution in [0.25, 0.3) is 11.1 Å². The number of aromatic nitrogens is 3. The van der Waals surface area contributed by atoms with E-state index in [1.807, 2.05) is 23.9 Å². The number of urea groups is 1. The number of hydrogen-bond donors (Lipinski definition) is 3. The summed E-state index contributed by atoms with van der Waals surface area (Å²) < 4.78 is 26.0. The highest BCUT2D eigenvalue weighted by molar-refractivity contribution is 6.08. The van der Waals surface area contributed by atoms with Gasteiger partial charge in [-0.2, -0.15) is 5.10 Å². The third kappa shape index (κ3) is 4.41. The summed E-state index contributed by atoms with van der Waals surface area (Å²) in [4.78, 5) is 49.0. The summed E-state index contributed by atoms with van der Waals surface area (Å²) in [6, 6.07) is 7.39.